The van der Waals surface area contributed by atoms with Crippen molar-refractivity contribution in [1.29, 1.82) is 0 Å². The number of hydrogen-bond donors (Lipinski definition) is 1. The maximum atomic E-state index is 14.2. The van der Waals surface area contributed by atoms with Crippen LogP contribution in [0.4, 0.5) is 8.78 Å². The van der Waals surface area contributed by atoms with Gasteiger partial charge in [0.2, 0.25) is 0 Å². The first-order chi connectivity index (χ1) is 14.0. The largest absolute Gasteiger partial charge is 0.281 e. The Balaban J connectivity index is 1.68. The van der Waals surface area contributed by atoms with Crippen LogP contribution in [0.1, 0.15) is 35.3 Å². The minimum absolute atomic E-state index is 0.275. The molecule has 0 aliphatic rings. The molecule has 4 aromatic rings. The maximum Gasteiger partial charge on any atom is 0.157 e. The van der Waals surface area contributed by atoms with E-state index in [1.807, 2.05) is 32.9 Å². The third-order valence-electron chi connectivity index (χ3n) is 4.79. The van der Waals surface area contributed by atoms with Gasteiger partial charge in [-0.25, -0.2) is 23.4 Å². The number of aryl methyl sites for hydroxylation is 2. The van der Waals surface area contributed by atoms with Crippen LogP contribution in [0, 0.1) is 25.5 Å². The standard InChI is InChI=1S/C21H20F2N6/c1-4-16-19(26-27-21(16)17-6-5-14(22)8-18(17)23)9-15-10-20(25-11-24-15)29-13(3)7-12(2)28-29/h5-8,10-11H,4,9H2,1-3H3,(H,26,27). The van der Waals surface area contributed by atoms with Crippen molar-refractivity contribution in [2.75, 3.05) is 0 Å². The zero-order valence-electron chi connectivity index (χ0n) is 16.4. The van der Waals surface area contributed by atoms with Gasteiger partial charge in [0.1, 0.15) is 18.0 Å². The topological polar surface area (TPSA) is 72.3 Å². The van der Waals surface area contributed by atoms with Crippen LogP contribution in [-0.4, -0.2) is 29.9 Å². The molecule has 0 fully saturated rings. The lowest BCUT2D eigenvalue weighted by molar-refractivity contribution is 0.585. The highest BCUT2D eigenvalue weighted by molar-refractivity contribution is 5.65. The van der Waals surface area contributed by atoms with Crippen LogP contribution in [0.5, 0.6) is 0 Å². The molecule has 0 radical (unpaired) electrons. The molecule has 8 heteroatoms. The Bertz CT molecular complexity index is 1180. The highest BCUT2D eigenvalue weighted by atomic mass is 19.1. The lowest BCUT2D eigenvalue weighted by Gasteiger charge is -2.07. The lowest BCUT2D eigenvalue weighted by atomic mass is 10.0. The van der Waals surface area contributed by atoms with Gasteiger partial charge in [-0.2, -0.15) is 10.2 Å². The van der Waals surface area contributed by atoms with E-state index in [2.05, 4.69) is 25.3 Å². The van der Waals surface area contributed by atoms with Crippen LogP contribution < -0.4 is 0 Å². The maximum absolute atomic E-state index is 14.2. The Morgan fingerprint density at radius 1 is 1.07 bits per heavy atom. The summed E-state index contributed by atoms with van der Waals surface area (Å²) in [4.78, 5) is 8.68. The number of H-pyrrole nitrogens is 1. The summed E-state index contributed by atoms with van der Waals surface area (Å²) in [5.41, 5.74) is 5.16. The van der Waals surface area contributed by atoms with Gasteiger partial charge in [0.15, 0.2) is 5.82 Å². The number of aromatic nitrogens is 6. The smallest absolute Gasteiger partial charge is 0.157 e. The molecule has 1 N–H and O–H groups in total. The van der Waals surface area contributed by atoms with E-state index in [1.165, 1.54) is 18.5 Å². The van der Waals surface area contributed by atoms with Crippen LogP contribution in [-0.2, 0) is 12.8 Å². The summed E-state index contributed by atoms with van der Waals surface area (Å²) in [5, 5.41) is 11.7. The Labute approximate surface area is 166 Å². The van der Waals surface area contributed by atoms with Crippen molar-refractivity contribution in [3.63, 3.8) is 0 Å². The van der Waals surface area contributed by atoms with Crippen LogP contribution in [0.25, 0.3) is 17.1 Å². The number of rotatable bonds is 5. The van der Waals surface area contributed by atoms with Crippen molar-refractivity contribution >= 4 is 0 Å². The summed E-state index contributed by atoms with van der Waals surface area (Å²) < 4.78 is 29.3. The van der Waals surface area contributed by atoms with Crippen LogP contribution in [0.2, 0.25) is 0 Å². The summed E-state index contributed by atoms with van der Waals surface area (Å²) in [7, 11) is 0. The first-order valence-electron chi connectivity index (χ1n) is 9.32. The molecule has 4 rings (SSSR count). The van der Waals surface area contributed by atoms with Crippen molar-refractivity contribution in [1.82, 2.24) is 29.9 Å². The number of halogens is 2. The molecule has 29 heavy (non-hydrogen) atoms. The molecule has 3 heterocycles. The highest BCUT2D eigenvalue weighted by Gasteiger charge is 2.18. The molecule has 0 aliphatic heterocycles. The second-order valence-corrected chi connectivity index (χ2v) is 6.89. The highest BCUT2D eigenvalue weighted by Crippen LogP contribution is 2.28. The molecular weight excluding hydrogens is 374 g/mol. The van der Waals surface area contributed by atoms with Crippen molar-refractivity contribution in [3.05, 3.63) is 76.6 Å². The average molecular weight is 394 g/mol. The molecule has 0 unspecified atom stereocenters. The van der Waals surface area contributed by atoms with Gasteiger partial charge in [-0.15, -0.1) is 0 Å². The van der Waals surface area contributed by atoms with E-state index >= 15 is 0 Å². The Morgan fingerprint density at radius 2 is 1.90 bits per heavy atom. The number of benzene rings is 1. The number of aromatic amines is 1. The second kappa shape index (κ2) is 7.54. The fourth-order valence-electron chi connectivity index (χ4n) is 3.47. The van der Waals surface area contributed by atoms with Crippen LogP contribution in [0.15, 0.2) is 36.7 Å². The third-order valence-corrected chi connectivity index (χ3v) is 4.79. The number of nitrogens with zero attached hydrogens (tertiary/aromatic N) is 5. The normalized spacial score (nSPS) is 11.2. The average Bonchev–Trinajstić information content (AvgIpc) is 3.24. The molecule has 0 spiro atoms. The van der Waals surface area contributed by atoms with Gasteiger partial charge < -0.3 is 0 Å². The minimum atomic E-state index is -0.633. The predicted molar refractivity (Wildman–Crippen MR) is 105 cm³/mol. The molecule has 148 valence electrons. The van der Waals surface area contributed by atoms with Gasteiger partial charge in [-0.05, 0) is 38.5 Å². The molecule has 0 atom stereocenters. The molecule has 0 amide bonds. The number of hydrogen-bond acceptors (Lipinski definition) is 4. The second-order valence-electron chi connectivity index (χ2n) is 6.89. The minimum Gasteiger partial charge on any atom is -0.281 e. The van der Waals surface area contributed by atoms with E-state index in [1.54, 1.807) is 4.68 Å². The van der Waals surface area contributed by atoms with Crippen molar-refractivity contribution in [2.45, 2.75) is 33.6 Å². The van der Waals surface area contributed by atoms with Gasteiger partial charge in [-0.3, -0.25) is 5.10 Å². The first-order valence-corrected chi connectivity index (χ1v) is 9.32. The van der Waals surface area contributed by atoms with E-state index in [0.717, 1.165) is 34.4 Å². The molecular formula is C21H20F2N6. The van der Waals surface area contributed by atoms with Crippen molar-refractivity contribution < 1.29 is 8.78 Å². The first kappa shape index (κ1) is 18.9. The van der Waals surface area contributed by atoms with E-state index in [4.69, 9.17) is 0 Å². The van der Waals surface area contributed by atoms with Gasteiger partial charge in [-0.1, -0.05) is 6.92 Å². The molecule has 0 aliphatic carbocycles. The quantitative estimate of drug-likeness (QED) is 0.553. The monoisotopic (exact) mass is 394 g/mol. The molecule has 3 aromatic heterocycles. The Hall–Kier alpha value is -3.42. The molecule has 6 nitrogen and oxygen atoms in total. The summed E-state index contributed by atoms with van der Waals surface area (Å²) in [6, 6.07) is 7.37. The summed E-state index contributed by atoms with van der Waals surface area (Å²) >= 11 is 0. The zero-order valence-corrected chi connectivity index (χ0v) is 16.4. The molecule has 1 aromatic carbocycles. The van der Waals surface area contributed by atoms with Gasteiger partial charge in [0.25, 0.3) is 0 Å². The van der Waals surface area contributed by atoms with E-state index in [-0.39, 0.29) is 5.56 Å². The van der Waals surface area contributed by atoms with Crippen molar-refractivity contribution in [3.8, 4) is 17.1 Å². The predicted octanol–water partition coefficient (Wildman–Crippen LogP) is 4.10. The Morgan fingerprint density at radius 3 is 2.59 bits per heavy atom. The van der Waals surface area contributed by atoms with E-state index in [0.29, 0.717) is 24.4 Å². The van der Waals surface area contributed by atoms with E-state index in [9.17, 15) is 8.78 Å². The zero-order chi connectivity index (χ0) is 20.5. The molecule has 0 saturated heterocycles. The SMILES string of the molecule is CCc1c(-c2ccc(F)cc2F)n[nH]c1Cc1cc(-n2nc(C)cc2C)ncn1. The van der Waals surface area contributed by atoms with Gasteiger partial charge in [0, 0.05) is 41.1 Å². The summed E-state index contributed by atoms with van der Waals surface area (Å²) in [5.74, 6) is -0.563. The number of nitrogens with one attached hydrogen (secondary N) is 1. The van der Waals surface area contributed by atoms with Crippen molar-refractivity contribution in [2.24, 2.45) is 0 Å². The summed E-state index contributed by atoms with van der Waals surface area (Å²) in [6.07, 6.45) is 2.63. The fraction of sp³-hybridized carbons (Fsp3) is 0.238. The van der Waals surface area contributed by atoms with E-state index < -0.39 is 11.6 Å². The third kappa shape index (κ3) is 3.65. The molecule has 0 saturated carbocycles. The van der Waals surface area contributed by atoms with Gasteiger partial charge >= 0.3 is 0 Å². The van der Waals surface area contributed by atoms with Crippen LogP contribution >= 0.6 is 0 Å². The van der Waals surface area contributed by atoms with Gasteiger partial charge in [0.05, 0.1) is 17.1 Å². The van der Waals surface area contributed by atoms with Crippen LogP contribution in [0.3, 0.4) is 0 Å². The summed E-state index contributed by atoms with van der Waals surface area (Å²) in [6.45, 7) is 5.87. The molecule has 0 bridgehead atoms. The Kier molecular flexibility index (Phi) is 4.92. The lowest BCUT2D eigenvalue weighted by Crippen LogP contribution is -2.05. The fourth-order valence-corrected chi connectivity index (χ4v) is 3.47.